The minimum atomic E-state index is -1.11. The van der Waals surface area contributed by atoms with Gasteiger partial charge in [0.05, 0.1) is 16.7 Å². The summed E-state index contributed by atoms with van der Waals surface area (Å²) in [6.07, 6.45) is 3.07. The van der Waals surface area contributed by atoms with Crippen molar-refractivity contribution < 1.29 is 14.3 Å². The Morgan fingerprint density at radius 2 is 2.00 bits per heavy atom. The number of carboxylic acids is 1. The Morgan fingerprint density at radius 1 is 1.20 bits per heavy atom. The van der Waals surface area contributed by atoms with Gasteiger partial charge in [0.1, 0.15) is 6.26 Å². The molecule has 3 heterocycles. The van der Waals surface area contributed by atoms with Gasteiger partial charge in [-0.3, -0.25) is 0 Å². The van der Waals surface area contributed by atoms with Crippen LogP contribution >= 0.6 is 22.9 Å². The van der Waals surface area contributed by atoms with Crippen molar-refractivity contribution in [2.45, 2.75) is 0 Å². The van der Waals surface area contributed by atoms with E-state index in [-0.39, 0.29) is 5.69 Å². The topological polar surface area (TPSA) is 88.2 Å². The first-order valence-electron chi connectivity index (χ1n) is 7.20. The summed E-state index contributed by atoms with van der Waals surface area (Å²) < 4.78 is 5.59. The molecular formula is C17H10ClN3O3S. The van der Waals surface area contributed by atoms with Crippen LogP contribution in [-0.2, 0) is 0 Å². The van der Waals surface area contributed by atoms with Crippen LogP contribution in [-0.4, -0.2) is 21.3 Å². The molecule has 0 saturated heterocycles. The van der Waals surface area contributed by atoms with Crippen molar-refractivity contribution in [2.75, 3.05) is 5.32 Å². The van der Waals surface area contributed by atoms with Crippen molar-refractivity contribution >= 4 is 50.5 Å². The number of anilines is 2. The summed E-state index contributed by atoms with van der Waals surface area (Å²) in [4.78, 5) is 12.4. The molecule has 0 bridgehead atoms. The van der Waals surface area contributed by atoms with Crippen LogP contribution in [0.25, 0.3) is 20.5 Å². The predicted molar refractivity (Wildman–Crippen MR) is 96.8 cm³/mol. The zero-order chi connectivity index (χ0) is 17.4. The number of carboxylic acid groups (broad SMARTS) is 1. The van der Waals surface area contributed by atoms with Gasteiger partial charge in [-0.2, -0.15) is 0 Å². The molecule has 0 aliphatic carbocycles. The number of carbonyl (C=O) groups is 1. The van der Waals surface area contributed by atoms with E-state index < -0.39 is 5.97 Å². The first kappa shape index (κ1) is 15.6. The normalized spacial score (nSPS) is 10.9. The monoisotopic (exact) mass is 371 g/mol. The average molecular weight is 372 g/mol. The highest BCUT2D eigenvalue weighted by Crippen LogP contribution is 2.38. The number of furan rings is 1. The average Bonchev–Trinajstić information content (AvgIpc) is 3.25. The molecule has 2 N–H and O–H groups in total. The third-order valence-electron chi connectivity index (χ3n) is 3.57. The Hall–Kier alpha value is -2.90. The van der Waals surface area contributed by atoms with E-state index in [4.69, 9.17) is 16.0 Å². The van der Waals surface area contributed by atoms with Crippen LogP contribution in [0.15, 0.2) is 53.3 Å². The molecule has 1 aromatic carbocycles. The van der Waals surface area contributed by atoms with Gasteiger partial charge in [0.25, 0.3) is 0 Å². The predicted octanol–water partition coefficient (Wildman–Crippen LogP) is 5.05. The lowest BCUT2D eigenvalue weighted by molar-refractivity contribution is 0.0692. The van der Waals surface area contributed by atoms with Gasteiger partial charge in [-0.1, -0.05) is 23.7 Å². The van der Waals surface area contributed by atoms with Gasteiger partial charge in [0.2, 0.25) is 0 Å². The molecule has 0 radical (unpaired) electrons. The molecule has 0 saturated carbocycles. The van der Waals surface area contributed by atoms with Crippen LogP contribution in [0.4, 0.5) is 11.5 Å². The van der Waals surface area contributed by atoms with Crippen LogP contribution in [0.3, 0.4) is 0 Å². The Labute approximate surface area is 150 Å². The first-order valence-corrected chi connectivity index (χ1v) is 8.40. The van der Waals surface area contributed by atoms with Crippen molar-refractivity contribution in [2.24, 2.45) is 0 Å². The highest BCUT2D eigenvalue weighted by atomic mass is 35.5. The fourth-order valence-electron chi connectivity index (χ4n) is 2.40. The summed E-state index contributed by atoms with van der Waals surface area (Å²) in [5, 5.41) is 21.7. The highest BCUT2D eigenvalue weighted by molar-refractivity contribution is 7.22. The zero-order valence-electron chi connectivity index (χ0n) is 12.6. The molecule has 0 unspecified atom stereocenters. The summed E-state index contributed by atoms with van der Waals surface area (Å²) in [5.41, 5.74) is 1.58. The van der Waals surface area contributed by atoms with Crippen LogP contribution < -0.4 is 5.32 Å². The summed E-state index contributed by atoms with van der Waals surface area (Å²) >= 11 is 7.28. The Bertz CT molecular complexity index is 1060. The maximum Gasteiger partial charge on any atom is 0.357 e. The maximum atomic E-state index is 11.5. The second kappa shape index (κ2) is 6.19. The lowest BCUT2D eigenvalue weighted by Crippen LogP contribution is -2.04. The van der Waals surface area contributed by atoms with E-state index in [0.717, 1.165) is 10.4 Å². The number of fused-ring (bicyclic) bond motifs is 1. The maximum absolute atomic E-state index is 11.5. The molecule has 25 heavy (non-hydrogen) atoms. The number of halogens is 1. The smallest absolute Gasteiger partial charge is 0.357 e. The van der Waals surface area contributed by atoms with Gasteiger partial charge < -0.3 is 14.8 Å². The highest BCUT2D eigenvalue weighted by Gasteiger charge is 2.19. The quantitative estimate of drug-likeness (QED) is 0.522. The van der Waals surface area contributed by atoms with Crippen LogP contribution in [0.2, 0.25) is 5.02 Å². The number of aromatic nitrogens is 2. The summed E-state index contributed by atoms with van der Waals surface area (Å²) in [5.74, 6) is -0.644. The van der Waals surface area contributed by atoms with E-state index in [1.165, 1.54) is 23.9 Å². The third-order valence-corrected chi connectivity index (χ3v) is 5.01. The van der Waals surface area contributed by atoms with E-state index in [0.29, 0.717) is 26.6 Å². The molecule has 6 nitrogen and oxygen atoms in total. The van der Waals surface area contributed by atoms with E-state index in [1.807, 2.05) is 18.2 Å². The lowest BCUT2D eigenvalue weighted by Gasteiger charge is -2.04. The molecule has 0 amide bonds. The molecular weight excluding hydrogens is 362 g/mol. The van der Waals surface area contributed by atoms with Gasteiger partial charge in [0, 0.05) is 15.3 Å². The Balaban J connectivity index is 1.88. The van der Waals surface area contributed by atoms with Crippen LogP contribution in [0.1, 0.15) is 10.5 Å². The fourth-order valence-corrected chi connectivity index (χ4v) is 3.67. The number of benzene rings is 1. The number of hydrogen-bond donors (Lipinski definition) is 2. The lowest BCUT2D eigenvalue weighted by atomic mass is 10.1. The van der Waals surface area contributed by atoms with Crippen molar-refractivity contribution in [1.29, 1.82) is 0 Å². The summed E-state index contributed by atoms with van der Waals surface area (Å²) in [6, 6.07) is 11.0. The van der Waals surface area contributed by atoms with Gasteiger partial charge in [0.15, 0.2) is 11.5 Å². The first-order chi connectivity index (χ1) is 12.1. The number of rotatable bonds is 4. The largest absolute Gasteiger partial charge is 0.476 e. The van der Waals surface area contributed by atoms with Gasteiger partial charge in [-0.15, -0.1) is 21.5 Å². The number of nitrogens with zero attached hydrogens (tertiary/aromatic N) is 2. The van der Waals surface area contributed by atoms with Gasteiger partial charge in [-0.25, -0.2) is 4.79 Å². The molecule has 0 atom stereocenters. The van der Waals surface area contributed by atoms with E-state index >= 15 is 0 Å². The molecule has 0 fully saturated rings. The van der Waals surface area contributed by atoms with Crippen molar-refractivity contribution in [3.8, 4) is 10.4 Å². The van der Waals surface area contributed by atoms with E-state index in [9.17, 15) is 9.90 Å². The minimum Gasteiger partial charge on any atom is -0.476 e. The Morgan fingerprint density at radius 3 is 2.68 bits per heavy atom. The molecule has 8 heteroatoms. The number of hydrogen-bond acceptors (Lipinski definition) is 6. The van der Waals surface area contributed by atoms with Crippen molar-refractivity contribution in [3.63, 3.8) is 0 Å². The van der Waals surface area contributed by atoms with Crippen molar-refractivity contribution in [3.05, 3.63) is 59.6 Å². The third kappa shape index (κ3) is 2.95. The summed E-state index contributed by atoms with van der Waals surface area (Å²) in [7, 11) is 0. The summed E-state index contributed by atoms with van der Waals surface area (Å²) in [6.45, 7) is 0. The Kier molecular flexibility index (Phi) is 3.87. The molecule has 4 aromatic rings. The molecule has 124 valence electrons. The van der Waals surface area contributed by atoms with Crippen LogP contribution in [0.5, 0.6) is 0 Å². The number of nitrogens with one attached hydrogen (secondary N) is 1. The second-order valence-electron chi connectivity index (χ2n) is 5.20. The zero-order valence-corrected chi connectivity index (χ0v) is 14.1. The molecule has 0 spiro atoms. The SMILES string of the molecule is O=C(O)c1nnc(Nc2ccoc2)c2cc(-c3ccc(Cl)cc3)sc12. The fraction of sp³-hybridized carbons (Fsp3) is 0. The molecule has 3 aromatic heterocycles. The number of aromatic carboxylic acids is 1. The number of thiophene rings is 1. The van der Waals surface area contributed by atoms with Crippen LogP contribution in [0, 0.1) is 0 Å². The van der Waals surface area contributed by atoms with E-state index in [2.05, 4.69) is 15.5 Å². The molecule has 0 aliphatic heterocycles. The minimum absolute atomic E-state index is 0.0713. The van der Waals surface area contributed by atoms with Crippen molar-refractivity contribution in [1.82, 2.24) is 10.2 Å². The second-order valence-corrected chi connectivity index (χ2v) is 6.69. The standard InChI is InChI=1S/C17H10ClN3O3S/c18-10-3-1-9(2-4-10)13-7-12-15(25-13)14(17(22)23)20-21-16(12)19-11-5-6-24-8-11/h1-8H,(H,19,21)(H,22,23). The van der Waals surface area contributed by atoms with Gasteiger partial charge in [-0.05, 0) is 29.8 Å². The molecule has 4 rings (SSSR count). The van der Waals surface area contributed by atoms with Gasteiger partial charge >= 0.3 is 5.97 Å². The molecule has 0 aliphatic rings. The van der Waals surface area contributed by atoms with E-state index in [1.54, 1.807) is 18.2 Å².